The van der Waals surface area contributed by atoms with Gasteiger partial charge in [-0.2, -0.15) is 0 Å². The summed E-state index contributed by atoms with van der Waals surface area (Å²) < 4.78 is 4.99. The number of phenols is 1. The molecule has 0 radical (unpaired) electrons. The first-order chi connectivity index (χ1) is 9.61. The summed E-state index contributed by atoms with van der Waals surface area (Å²) >= 11 is 0. The molecule has 0 spiro atoms. The van der Waals surface area contributed by atoms with Gasteiger partial charge in [0.05, 0.1) is 12.3 Å². The number of carbonyl (C=O) groups excluding carboxylic acids is 1. The minimum Gasteiger partial charge on any atom is -0.507 e. The van der Waals surface area contributed by atoms with Crippen LogP contribution in [0.1, 0.15) is 22.8 Å². The van der Waals surface area contributed by atoms with Gasteiger partial charge in [0.25, 0.3) is 0 Å². The van der Waals surface area contributed by atoms with Gasteiger partial charge in [0.1, 0.15) is 11.3 Å². The molecular formula is C16H17NO3. The first kappa shape index (κ1) is 13.9. The van der Waals surface area contributed by atoms with Crippen molar-refractivity contribution in [3.63, 3.8) is 0 Å². The van der Waals surface area contributed by atoms with Crippen LogP contribution in [-0.4, -0.2) is 17.7 Å². The van der Waals surface area contributed by atoms with Crippen molar-refractivity contribution in [3.8, 4) is 5.75 Å². The molecule has 2 aromatic rings. The molecule has 20 heavy (non-hydrogen) atoms. The van der Waals surface area contributed by atoms with Crippen LogP contribution in [0.5, 0.6) is 5.75 Å². The van der Waals surface area contributed by atoms with E-state index in [-0.39, 0.29) is 17.9 Å². The average molecular weight is 271 g/mol. The molecular weight excluding hydrogens is 254 g/mol. The van der Waals surface area contributed by atoms with Gasteiger partial charge in [-0.15, -0.1) is 0 Å². The number of aryl methyl sites for hydroxylation is 1. The second kappa shape index (κ2) is 6.10. The Labute approximate surface area is 118 Å². The number of para-hydroxylation sites is 1. The van der Waals surface area contributed by atoms with E-state index >= 15 is 0 Å². The van der Waals surface area contributed by atoms with Gasteiger partial charge in [-0.1, -0.05) is 18.2 Å². The summed E-state index contributed by atoms with van der Waals surface area (Å²) in [6, 6.07) is 12.8. The summed E-state index contributed by atoms with van der Waals surface area (Å²) in [6.07, 6.45) is 0. The van der Waals surface area contributed by atoms with E-state index in [0.29, 0.717) is 5.69 Å². The van der Waals surface area contributed by atoms with Gasteiger partial charge >= 0.3 is 5.97 Å². The van der Waals surface area contributed by atoms with Crippen molar-refractivity contribution in [3.05, 3.63) is 53.6 Å². The second-order valence-corrected chi connectivity index (χ2v) is 4.42. The molecule has 0 aliphatic rings. The Morgan fingerprint density at radius 1 is 1.25 bits per heavy atom. The van der Waals surface area contributed by atoms with Crippen LogP contribution in [0.25, 0.3) is 0 Å². The first-order valence-electron chi connectivity index (χ1n) is 6.44. The molecule has 0 fully saturated rings. The molecule has 0 aromatic heterocycles. The number of carbonyl (C=O) groups is 1. The summed E-state index contributed by atoms with van der Waals surface area (Å²) in [4.78, 5) is 12.0. The van der Waals surface area contributed by atoms with E-state index in [1.807, 2.05) is 37.3 Å². The lowest BCUT2D eigenvalue weighted by atomic mass is 10.1. The SMILES string of the molecule is CCOC(=O)c1c(O)cc(C)cc1Nc1ccccc1. The zero-order valence-electron chi connectivity index (χ0n) is 11.5. The maximum absolute atomic E-state index is 12.0. The number of esters is 1. The van der Waals surface area contributed by atoms with Gasteiger partial charge in [-0.3, -0.25) is 0 Å². The van der Waals surface area contributed by atoms with Crippen LogP contribution in [0.15, 0.2) is 42.5 Å². The fourth-order valence-corrected chi connectivity index (χ4v) is 1.96. The molecule has 0 saturated heterocycles. The van der Waals surface area contributed by atoms with Crippen LogP contribution in [0, 0.1) is 6.92 Å². The molecule has 0 aliphatic carbocycles. The number of ether oxygens (including phenoxy) is 1. The van der Waals surface area contributed by atoms with Crippen molar-refractivity contribution in [2.45, 2.75) is 13.8 Å². The molecule has 4 nitrogen and oxygen atoms in total. The van der Waals surface area contributed by atoms with Gasteiger partial charge in [-0.25, -0.2) is 4.79 Å². The van der Waals surface area contributed by atoms with Gasteiger partial charge in [0.15, 0.2) is 0 Å². The molecule has 0 atom stereocenters. The largest absolute Gasteiger partial charge is 0.507 e. The molecule has 2 N–H and O–H groups in total. The normalized spacial score (nSPS) is 10.1. The Kier molecular flexibility index (Phi) is 4.25. The second-order valence-electron chi connectivity index (χ2n) is 4.42. The average Bonchev–Trinajstić information content (AvgIpc) is 2.39. The van der Waals surface area contributed by atoms with Crippen molar-refractivity contribution in [1.82, 2.24) is 0 Å². The monoisotopic (exact) mass is 271 g/mol. The Bertz CT molecular complexity index is 609. The Morgan fingerprint density at radius 2 is 1.95 bits per heavy atom. The Balaban J connectivity index is 2.42. The summed E-state index contributed by atoms with van der Waals surface area (Å²) in [5, 5.41) is 13.1. The van der Waals surface area contributed by atoms with Crippen molar-refractivity contribution < 1.29 is 14.6 Å². The van der Waals surface area contributed by atoms with Gasteiger partial charge < -0.3 is 15.2 Å². The minimum atomic E-state index is -0.538. The number of anilines is 2. The quantitative estimate of drug-likeness (QED) is 0.834. The third kappa shape index (κ3) is 3.09. The maximum atomic E-state index is 12.0. The van der Waals surface area contributed by atoms with E-state index in [1.54, 1.807) is 19.1 Å². The zero-order valence-corrected chi connectivity index (χ0v) is 11.5. The first-order valence-corrected chi connectivity index (χ1v) is 6.44. The van der Waals surface area contributed by atoms with Gasteiger partial charge in [-0.05, 0) is 43.7 Å². The van der Waals surface area contributed by atoms with Gasteiger partial charge in [0, 0.05) is 5.69 Å². The summed E-state index contributed by atoms with van der Waals surface area (Å²) in [7, 11) is 0. The molecule has 104 valence electrons. The maximum Gasteiger partial charge on any atom is 0.344 e. The number of aromatic hydroxyl groups is 1. The third-order valence-corrected chi connectivity index (χ3v) is 2.79. The molecule has 4 heteroatoms. The summed E-state index contributed by atoms with van der Waals surface area (Å²) in [5.41, 5.74) is 2.38. The summed E-state index contributed by atoms with van der Waals surface area (Å²) in [5.74, 6) is -0.620. The lowest BCUT2D eigenvalue weighted by molar-refractivity contribution is 0.0524. The number of rotatable bonds is 4. The van der Waals surface area contributed by atoms with Crippen molar-refractivity contribution in [2.24, 2.45) is 0 Å². The molecule has 0 heterocycles. The van der Waals surface area contributed by atoms with Crippen LogP contribution in [0.4, 0.5) is 11.4 Å². The number of phenolic OH excluding ortho intramolecular Hbond substituents is 1. The molecule has 2 rings (SSSR count). The van der Waals surface area contributed by atoms with Crippen LogP contribution in [0.3, 0.4) is 0 Å². The van der Waals surface area contributed by atoms with Crippen molar-refractivity contribution in [2.75, 3.05) is 11.9 Å². The van der Waals surface area contributed by atoms with Crippen LogP contribution in [0.2, 0.25) is 0 Å². The zero-order chi connectivity index (χ0) is 14.5. The minimum absolute atomic E-state index is 0.0816. The highest BCUT2D eigenvalue weighted by Crippen LogP contribution is 2.30. The highest BCUT2D eigenvalue weighted by molar-refractivity contribution is 5.99. The van der Waals surface area contributed by atoms with Crippen LogP contribution < -0.4 is 5.32 Å². The fourth-order valence-electron chi connectivity index (χ4n) is 1.96. The summed E-state index contributed by atoms with van der Waals surface area (Å²) in [6.45, 7) is 3.84. The van der Waals surface area contributed by atoms with Crippen molar-refractivity contribution in [1.29, 1.82) is 0 Å². The lowest BCUT2D eigenvalue weighted by Gasteiger charge is -2.14. The molecule has 0 amide bonds. The van der Waals surface area contributed by atoms with E-state index in [2.05, 4.69) is 5.32 Å². The van der Waals surface area contributed by atoms with E-state index in [0.717, 1.165) is 11.3 Å². The fraction of sp³-hybridized carbons (Fsp3) is 0.188. The number of hydrogen-bond acceptors (Lipinski definition) is 4. The Morgan fingerprint density at radius 3 is 2.60 bits per heavy atom. The molecule has 0 saturated carbocycles. The standard InChI is InChI=1S/C16H17NO3/c1-3-20-16(19)15-13(9-11(2)10-14(15)18)17-12-7-5-4-6-8-12/h4-10,17-18H,3H2,1-2H3. The van der Waals surface area contributed by atoms with E-state index in [4.69, 9.17) is 4.74 Å². The van der Waals surface area contributed by atoms with E-state index < -0.39 is 5.97 Å². The predicted molar refractivity (Wildman–Crippen MR) is 78.5 cm³/mol. The van der Waals surface area contributed by atoms with Crippen LogP contribution in [-0.2, 0) is 4.74 Å². The van der Waals surface area contributed by atoms with Gasteiger partial charge in [0.2, 0.25) is 0 Å². The molecule has 0 aliphatic heterocycles. The number of hydrogen-bond donors (Lipinski definition) is 2. The predicted octanol–water partition coefficient (Wildman–Crippen LogP) is 3.62. The highest BCUT2D eigenvalue weighted by Gasteiger charge is 2.18. The lowest BCUT2D eigenvalue weighted by Crippen LogP contribution is -2.08. The molecule has 0 unspecified atom stereocenters. The molecule has 0 bridgehead atoms. The topological polar surface area (TPSA) is 58.6 Å². The van der Waals surface area contributed by atoms with E-state index in [9.17, 15) is 9.90 Å². The van der Waals surface area contributed by atoms with Crippen LogP contribution >= 0.6 is 0 Å². The van der Waals surface area contributed by atoms with Crippen molar-refractivity contribution >= 4 is 17.3 Å². The van der Waals surface area contributed by atoms with E-state index in [1.165, 1.54) is 0 Å². The number of nitrogens with one attached hydrogen (secondary N) is 1. The smallest absolute Gasteiger partial charge is 0.344 e. The third-order valence-electron chi connectivity index (χ3n) is 2.79. The highest BCUT2D eigenvalue weighted by atomic mass is 16.5. The number of benzene rings is 2. The molecule has 2 aromatic carbocycles. The Hall–Kier alpha value is -2.49.